The summed E-state index contributed by atoms with van der Waals surface area (Å²) in [6, 6.07) is 22.9. The van der Waals surface area contributed by atoms with E-state index in [1.54, 1.807) is 36.4 Å². The molecule has 1 aliphatic heterocycles. The summed E-state index contributed by atoms with van der Waals surface area (Å²) in [6.07, 6.45) is 1.42. The van der Waals surface area contributed by atoms with Crippen molar-refractivity contribution in [2.45, 2.75) is 20.5 Å². The van der Waals surface area contributed by atoms with Gasteiger partial charge in [0, 0.05) is 10.6 Å². The summed E-state index contributed by atoms with van der Waals surface area (Å²) in [7, 11) is 0. The zero-order valence-corrected chi connectivity index (χ0v) is 22.1. The van der Waals surface area contributed by atoms with Gasteiger partial charge in [-0.15, -0.1) is 0 Å². The lowest BCUT2D eigenvalue weighted by atomic mass is 10.0. The molecule has 0 unspecified atom stereocenters. The number of carbonyl (C=O) groups is 3. The maximum absolute atomic E-state index is 13.2. The lowest BCUT2D eigenvalue weighted by Gasteiger charge is -2.26. The summed E-state index contributed by atoms with van der Waals surface area (Å²) in [5, 5.41) is 4.83. The molecule has 8 heteroatoms. The number of fused-ring (bicyclic) bond motifs is 1. The molecule has 0 radical (unpaired) electrons. The largest absolute Gasteiger partial charge is 0.490 e. The normalized spacial score (nSPS) is 14.6. The molecule has 4 aromatic carbocycles. The molecule has 0 spiro atoms. The number of rotatable bonds is 7. The molecule has 0 bridgehead atoms. The molecule has 4 aromatic rings. The van der Waals surface area contributed by atoms with Crippen LogP contribution >= 0.6 is 11.6 Å². The van der Waals surface area contributed by atoms with Crippen LogP contribution in [0.2, 0.25) is 5.02 Å². The second-order valence-corrected chi connectivity index (χ2v) is 9.38. The Kier molecular flexibility index (Phi) is 7.34. The zero-order valence-electron chi connectivity index (χ0n) is 21.4. The number of nitrogens with one attached hydrogen (secondary N) is 1. The minimum atomic E-state index is -0.841. The quantitative estimate of drug-likeness (QED) is 0.215. The molecule has 1 heterocycles. The third-order valence-corrected chi connectivity index (χ3v) is 6.63. The van der Waals surface area contributed by atoms with Gasteiger partial charge in [-0.3, -0.25) is 14.9 Å². The Morgan fingerprint density at radius 2 is 1.72 bits per heavy atom. The molecule has 39 heavy (non-hydrogen) atoms. The van der Waals surface area contributed by atoms with Crippen LogP contribution < -0.4 is 19.7 Å². The van der Waals surface area contributed by atoms with Crippen molar-refractivity contribution in [1.29, 1.82) is 0 Å². The first-order chi connectivity index (χ1) is 18.9. The summed E-state index contributed by atoms with van der Waals surface area (Å²) < 4.78 is 12.0. The summed E-state index contributed by atoms with van der Waals surface area (Å²) in [6.45, 7) is 4.63. The van der Waals surface area contributed by atoms with Crippen LogP contribution in [-0.2, 0) is 16.2 Å². The van der Waals surface area contributed by atoms with E-state index in [4.69, 9.17) is 21.1 Å². The number of barbiturate groups is 1. The van der Waals surface area contributed by atoms with Crippen molar-refractivity contribution in [2.75, 3.05) is 11.5 Å². The van der Waals surface area contributed by atoms with Gasteiger partial charge in [-0.05, 0) is 72.2 Å². The third-order valence-electron chi connectivity index (χ3n) is 6.39. The van der Waals surface area contributed by atoms with Gasteiger partial charge in [0.1, 0.15) is 12.2 Å². The fourth-order valence-electron chi connectivity index (χ4n) is 4.46. The summed E-state index contributed by atoms with van der Waals surface area (Å²) in [4.78, 5) is 39.2. The highest BCUT2D eigenvalue weighted by Gasteiger charge is 2.36. The Hall–Kier alpha value is -4.62. The lowest BCUT2D eigenvalue weighted by molar-refractivity contribution is -0.122. The van der Waals surface area contributed by atoms with E-state index >= 15 is 0 Å². The Labute approximate surface area is 230 Å². The Morgan fingerprint density at radius 1 is 0.897 bits per heavy atom. The van der Waals surface area contributed by atoms with Gasteiger partial charge in [-0.2, -0.15) is 0 Å². The topological polar surface area (TPSA) is 84.9 Å². The highest BCUT2D eigenvalue weighted by molar-refractivity contribution is 6.39. The van der Waals surface area contributed by atoms with Crippen LogP contribution in [0.4, 0.5) is 10.5 Å². The van der Waals surface area contributed by atoms with Gasteiger partial charge < -0.3 is 9.47 Å². The number of hydrogen-bond acceptors (Lipinski definition) is 5. The number of urea groups is 1. The lowest BCUT2D eigenvalue weighted by Crippen LogP contribution is -2.54. The molecule has 1 fully saturated rings. The van der Waals surface area contributed by atoms with E-state index in [0.29, 0.717) is 35.3 Å². The molecule has 4 amide bonds. The van der Waals surface area contributed by atoms with E-state index in [9.17, 15) is 14.4 Å². The number of halogens is 1. The number of ether oxygens (including phenoxy) is 2. The molecule has 0 saturated carbocycles. The zero-order chi connectivity index (χ0) is 27.5. The highest BCUT2D eigenvalue weighted by atomic mass is 35.5. The number of carbonyl (C=O) groups excluding carboxylic acids is 3. The number of hydrogen-bond donors (Lipinski definition) is 1. The van der Waals surface area contributed by atoms with E-state index in [1.807, 2.05) is 26.0 Å². The molecule has 196 valence electrons. The number of aryl methyl sites for hydroxylation is 1. The molecule has 0 aromatic heterocycles. The van der Waals surface area contributed by atoms with Gasteiger partial charge in [0.15, 0.2) is 11.5 Å². The van der Waals surface area contributed by atoms with Gasteiger partial charge in [-0.1, -0.05) is 60.1 Å². The predicted molar refractivity (Wildman–Crippen MR) is 151 cm³/mol. The van der Waals surface area contributed by atoms with Crippen LogP contribution in [0.15, 0.2) is 84.4 Å². The molecule has 5 rings (SSSR count). The fraction of sp³-hybridized carbons (Fsp3) is 0.129. The monoisotopic (exact) mass is 540 g/mol. The average molecular weight is 541 g/mol. The van der Waals surface area contributed by atoms with Gasteiger partial charge in [-0.25, -0.2) is 9.69 Å². The predicted octanol–water partition coefficient (Wildman–Crippen LogP) is 6.45. The SMILES string of the molecule is CCOc1cc(/C=C2\C(=O)NC(=O)N(c3cccc(Cl)c3)C2=O)ccc1OCc1c(C)ccc2ccccc12. The van der Waals surface area contributed by atoms with Crippen LogP contribution in [0.5, 0.6) is 11.5 Å². The number of benzene rings is 4. The Balaban J connectivity index is 1.44. The fourth-order valence-corrected chi connectivity index (χ4v) is 4.65. The number of nitrogens with zero attached hydrogens (tertiary/aromatic N) is 1. The Morgan fingerprint density at radius 3 is 2.51 bits per heavy atom. The minimum Gasteiger partial charge on any atom is -0.490 e. The van der Waals surface area contributed by atoms with E-state index in [-0.39, 0.29) is 11.3 Å². The minimum absolute atomic E-state index is 0.197. The molecular formula is C31H25ClN2O5. The van der Waals surface area contributed by atoms with E-state index < -0.39 is 17.8 Å². The van der Waals surface area contributed by atoms with Gasteiger partial charge in [0.2, 0.25) is 0 Å². The molecule has 1 N–H and O–H groups in total. The van der Waals surface area contributed by atoms with Gasteiger partial charge >= 0.3 is 6.03 Å². The summed E-state index contributed by atoms with van der Waals surface area (Å²) >= 11 is 6.04. The van der Waals surface area contributed by atoms with E-state index in [0.717, 1.165) is 26.8 Å². The third kappa shape index (κ3) is 5.35. The molecule has 7 nitrogen and oxygen atoms in total. The molecule has 0 aliphatic carbocycles. The van der Waals surface area contributed by atoms with Crippen molar-refractivity contribution in [2.24, 2.45) is 0 Å². The first-order valence-electron chi connectivity index (χ1n) is 12.4. The molecule has 0 atom stereocenters. The molecule has 1 aliphatic rings. The highest BCUT2D eigenvalue weighted by Crippen LogP contribution is 2.32. The van der Waals surface area contributed by atoms with Crippen molar-refractivity contribution in [3.63, 3.8) is 0 Å². The van der Waals surface area contributed by atoms with Gasteiger partial charge in [0.25, 0.3) is 11.8 Å². The first-order valence-corrected chi connectivity index (χ1v) is 12.8. The number of imide groups is 2. The van der Waals surface area contributed by atoms with Crippen LogP contribution in [-0.4, -0.2) is 24.5 Å². The van der Waals surface area contributed by atoms with Crippen molar-refractivity contribution in [3.05, 3.63) is 106 Å². The van der Waals surface area contributed by atoms with E-state index in [1.165, 1.54) is 12.1 Å². The average Bonchev–Trinajstić information content (AvgIpc) is 2.91. The number of amides is 4. The van der Waals surface area contributed by atoms with Crippen molar-refractivity contribution in [1.82, 2.24) is 5.32 Å². The smallest absolute Gasteiger partial charge is 0.335 e. The molecular weight excluding hydrogens is 516 g/mol. The maximum atomic E-state index is 13.2. The first kappa shape index (κ1) is 26.0. The van der Waals surface area contributed by atoms with Gasteiger partial charge in [0.05, 0.1) is 12.3 Å². The second-order valence-electron chi connectivity index (χ2n) is 8.95. The second kappa shape index (κ2) is 11.0. The van der Waals surface area contributed by atoms with E-state index in [2.05, 4.69) is 29.6 Å². The van der Waals surface area contributed by atoms with Crippen molar-refractivity contribution < 1.29 is 23.9 Å². The standard InChI is InChI=1S/C31H25ClN2O5/c1-3-38-28-16-20(12-14-27(28)39-18-26-19(2)11-13-21-7-4-5-10-24(21)26)15-25-29(35)33-31(37)34(30(25)36)23-9-6-8-22(32)17-23/h4-17H,3,18H2,1-2H3,(H,33,35,37)/b25-15+. The number of anilines is 1. The van der Waals surface area contributed by atoms with Crippen molar-refractivity contribution >= 4 is 52.0 Å². The maximum Gasteiger partial charge on any atom is 0.335 e. The molecule has 1 saturated heterocycles. The van der Waals surface area contributed by atoms with Crippen LogP contribution in [0, 0.1) is 6.92 Å². The van der Waals surface area contributed by atoms with Crippen LogP contribution in [0.3, 0.4) is 0 Å². The summed E-state index contributed by atoms with van der Waals surface area (Å²) in [5.41, 5.74) is 2.79. The Bertz CT molecular complexity index is 1650. The van der Waals surface area contributed by atoms with Crippen LogP contribution in [0.1, 0.15) is 23.6 Å². The van der Waals surface area contributed by atoms with Crippen molar-refractivity contribution in [3.8, 4) is 11.5 Å². The summed E-state index contributed by atoms with van der Waals surface area (Å²) in [5.74, 6) is -0.540. The van der Waals surface area contributed by atoms with Crippen LogP contribution in [0.25, 0.3) is 16.8 Å².